The number of esters is 3. The number of fused-ring (bicyclic) bond motifs is 1. The smallest absolute Gasteiger partial charge is 0.417 e. The molecule has 0 spiro atoms. The zero-order valence-electron chi connectivity index (χ0n) is 18.3. The highest BCUT2D eigenvalue weighted by atomic mass is 16.7. The van der Waals surface area contributed by atoms with Crippen LogP contribution in [0.15, 0.2) is 0 Å². The van der Waals surface area contributed by atoms with E-state index in [1.807, 2.05) is 0 Å². The van der Waals surface area contributed by atoms with Gasteiger partial charge in [0.15, 0.2) is 12.2 Å². The van der Waals surface area contributed by atoms with Gasteiger partial charge in [-0.15, -0.1) is 0 Å². The van der Waals surface area contributed by atoms with E-state index in [0.717, 1.165) is 12.8 Å². The summed E-state index contributed by atoms with van der Waals surface area (Å²) in [5.74, 6) is -3.16. The second-order valence-corrected chi connectivity index (χ2v) is 7.95. The standard InChI is InChI=1S/C22H34O9/c1-2-3-4-5-6-7-8-9-10-11-12-27-21(25)22(26)31-17-15-29-19-16(14-28-20(17)19)30-18(24)13-23/h13,16-17,19-20H,2-12,14-15H2,1H3/t16-,17?,19?,20?/m0/s1. The van der Waals surface area contributed by atoms with Crippen LogP contribution in [0.2, 0.25) is 0 Å². The van der Waals surface area contributed by atoms with Crippen molar-refractivity contribution in [3.8, 4) is 0 Å². The van der Waals surface area contributed by atoms with Crippen molar-refractivity contribution in [2.45, 2.75) is 95.5 Å². The van der Waals surface area contributed by atoms with Gasteiger partial charge in [-0.2, -0.15) is 0 Å². The van der Waals surface area contributed by atoms with Gasteiger partial charge < -0.3 is 23.7 Å². The topological polar surface area (TPSA) is 114 Å². The van der Waals surface area contributed by atoms with E-state index in [4.69, 9.17) is 23.7 Å². The van der Waals surface area contributed by atoms with Crippen LogP contribution >= 0.6 is 0 Å². The van der Waals surface area contributed by atoms with Crippen LogP contribution in [0.3, 0.4) is 0 Å². The van der Waals surface area contributed by atoms with Crippen molar-refractivity contribution < 1.29 is 42.9 Å². The predicted octanol–water partition coefficient (Wildman–Crippen LogP) is 2.27. The van der Waals surface area contributed by atoms with E-state index in [1.54, 1.807) is 0 Å². The summed E-state index contributed by atoms with van der Waals surface area (Å²) in [5, 5.41) is 0. The summed E-state index contributed by atoms with van der Waals surface area (Å²) in [6, 6.07) is 0. The first-order valence-electron chi connectivity index (χ1n) is 11.3. The van der Waals surface area contributed by atoms with E-state index >= 15 is 0 Å². The van der Waals surface area contributed by atoms with E-state index < -0.39 is 42.3 Å². The Labute approximate surface area is 183 Å². The van der Waals surface area contributed by atoms with Crippen molar-refractivity contribution >= 4 is 24.2 Å². The highest BCUT2D eigenvalue weighted by Gasteiger charge is 2.51. The van der Waals surface area contributed by atoms with Crippen LogP contribution in [0.1, 0.15) is 71.1 Å². The monoisotopic (exact) mass is 442 g/mol. The fraction of sp³-hybridized carbons (Fsp3) is 0.818. The Morgan fingerprint density at radius 2 is 1.29 bits per heavy atom. The summed E-state index contributed by atoms with van der Waals surface area (Å²) in [4.78, 5) is 45.3. The van der Waals surface area contributed by atoms with Crippen molar-refractivity contribution in [2.24, 2.45) is 0 Å². The Bertz CT molecular complexity index is 592. The number of hydrogen-bond donors (Lipinski definition) is 0. The van der Waals surface area contributed by atoms with Gasteiger partial charge in [0, 0.05) is 0 Å². The number of rotatable bonds is 14. The minimum atomic E-state index is -1.10. The van der Waals surface area contributed by atoms with Gasteiger partial charge in [-0.3, -0.25) is 4.79 Å². The van der Waals surface area contributed by atoms with Crippen molar-refractivity contribution in [3.63, 3.8) is 0 Å². The summed E-state index contributed by atoms with van der Waals surface area (Å²) >= 11 is 0. The van der Waals surface area contributed by atoms with E-state index in [-0.39, 0.29) is 26.1 Å². The lowest BCUT2D eigenvalue weighted by molar-refractivity contribution is -0.173. The van der Waals surface area contributed by atoms with Crippen LogP contribution in [0.5, 0.6) is 0 Å². The highest BCUT2D eigenvalue weighted by molar-refractivity contribution is 6.29. The fourth-order valence-corrected chi connectivity index (χ4v) is 3.81. The summed E-state index contributed by atoms with van der Waals surface area (Å²) in [7, 11) is 0. The summed E-state index contributed by atoms with van der Waals surface area (Å²) in [6.07, 6.45) is 8.81. The largest absolute Gasteiger partial charge is 0.457 e. The molecule has 0 saturated carbocycles. The van der Waals surface area contributed by atoms with Crippen LogP contribution in [-0.2, 0) is 42.9 Å². The van der Waals surface area contributed by atoms with Crippen molar-refractivity contribution in [1.29, 1.82) is 0 Å². The lowest BCUT2D eigenvalue weighted by Crippen LogP contribution is -2.37. The molecule has 2 fully saturated rings. The molecule has 2 heterocycles. The molecule has 176 valence electrons. The Hall–Kier alpha value is -2.00. The highest BCUT2D eigenvalue weighted by Crippen LogP contribution is 2.30. The van der Waals surface area contributed by atoms with Crippen molar-refractivity contribution in [3.05, 3.63) is 0 Å². The molecule has 2 aliphatic rings. The lowest BCUT2D eigenvalue weighted by Gasteiger charge is -2.16. The van der Waals surface area contributed by atoms with E-state index in [2.05, 4.69) is 6.92 Å². The van der Waals surface area contributed by atoms with Gasteiger partial charge in [0.2, 0.25) is 6.29 Å². The van der Waals surface area contributed by atoms with Gasteiger partial charge in [0.25, 0.3) is 0 Å². The zero-order valence-corrected chi connectivity index (χ0v) is 18.3. The number of aldehydes is 1. The maximum atomic E-state index is 12.0. The SMILES string of the molecule is CCCCCCCCCCCCOC(=O)C(=O)OC1COC2C1OC[C@@H]2OC(=O)C=O. The number of unbranched alkanes of at least 4 members (excludes halogenated alkanes) is 9. The zero-order chi connectivity index (χ0) is 22.5. The quantitative estimate of drug-likeness (QED) is 0.131. The minimum Gasteiger partial charge on any atom is -0.457 e. The maximum absolute atomic E-state index is 12.0. The molecule has 4 atom stereocenters. The van der Waals surface area contributed by atoms with Crippen molar-refractivity contribution in [2.75, 3.05) is 19.8 Å². The lowest BCUT2D eigenvalue weighted by atomic mass is 10.1. The minimum absolute atomic E-state index is 0.00192. The molecular weight excluding hydrogens is 408 g/mol. The number of ether oxygens (including phenoxy) is 5. The number of carbonyl (C=O) groups is 4. The van der Waals surface area contributed by atoms with Gasteiger partial charge in [-0.25, -0.2) is 14.4 Å². The summed E-state index contributed by atoms with van der Waals surface area (Å²) in [6.45, 7) is 2.41. The summed E-state index contributed by atoms with van der Waals surface area (Å²) < 4.78 is 25.9. The van der Waals surface area contributed by atoms with Crippen LogP contribution in [0, 0.1) is 0 Å². The molecular formula is C22H34O9. The average Bonchev–Trinajstić information content (AvgIpc) is 3.35. The third kappa shape index (κ3) is 8.57. The molecule has 31 heavy (non-hydrogen) atoms. The third-order valence-electron chi connectivity index (χ3n) is 5.48. The first kappa shape index (κ1) is 25.3. The van der Waals surface area contributed by atoms with E-state index in [9.17, 15) is 19.2 Å². The van der Waals surface area contributed by atoms with Gasteiger partial charge >= 0.3 is 17.9 Å². The molecule has 0 aromatic rings. The van der Waals surface area contributed by atoms with Gasteiger partial charge in [-0.1, -0.05) is 64.7 Å². The summed E-state index contributed by atoms with van der Waals surface area (Å²) in [5.41, 5.74) is 0. The first-order chi connectivity index (χ1) is 15.1. The second kappa shape index (κ2) is 14.1. The van der Waals surface area contributed by atoms with Crippen LogP contribution in [0.4, 0.5) is 0 Å². The van der Waals surface area contributed by atoms with Crippen LogP contribution in [-0.4, -0.2) is 68.4 Å². The van der Waals surface area contributed by atoms with Gasteiger partial charge in [0.1, 0.15) is 12.2 Å². The fourth-order valence-electron chi connectivity index (χ4n) is 3.81. The normalized spacial score (nSPS) is 24.4. The maximum Gasteiger partial charge on any atom is 0.417 e. The average molecular weight is 443 g/mol. The molecule has 0 radical (unpaired) electrons. The van der Waals surface area contributed by atoms with E-state index in [1.165, 1.54) is 44.9 Å². The molecule has 0 aromatic heterocycles. The molecule has 0 bridgehead atoms. The molecule has 9 heteroatoms. The molecule has 2 rings (SSSR count). The van der Waals surface area contributed by atoms with E-state index in [0.29, 0.717) is 6.42 Å². The Morgan fingerprint density at radius 1 is 0.774 bits per heavy atom. The van der Waals surface area contributed by atoms with Gasteiger partial charge in [0.05, 0.1) is 19.8 Å². The molecule has 2 aliphatic heterocycles. The predicted molar refractivity (Wildman–Crippen MR) is 108 cm³/mol. The Balaban J connectivity index is 1.53. The van der Waals surface area contributed by atoms with Gasteiger partial charge in [-0.05, 0) is 6.42 Å². The Morgan fingerprint density at radius 3 is 1.84 bits per heavy atom. The van der Waals surface area contributed by atoms with Crippen molar-refractivity contribution in [1.82, 2.24) is 0 Å². The molecule has 0 amide bonds. The number of hydrogen-bond acceptors (Lipinski definition) is 9. The first-order valence-corrected chi connectivity index (χ1v) is 11.3. The molecule has 0 N–H and O–H groups in total. The second-order valence-electron chi connectivity index (χ2n) is 7.95. The third-order valence-corrected chi connectivity index (χ3v) is 5.48. The van der Waals surface area contributed by atoms with Crippen LogP contribution in [0.25, 0.3) is 0 Å². The number of carbonyl (C=O) groups excluding carboxylic acids is 4. The molecule has 2 saturated heterocycles. The van der Waals surface area contributed by atoms with Crippen LogP contribution < -0.4 is 0 Å². The molecule has 0 aliphatic carbocycles. The Kier molecular flexibility index (Phi) is 11.5. The molecule has 3 unspecified atom stereocenters. The molecule has 0 aromatic carbocycles. The molecule has 9 nitrogen and oxygen atoms in total.